The summed E-state index contributed by atoms with van der Waals surface area (Å²) in [5.74, 6) is -0.989. The van der Waals surface area contributed by atoms with E-state index in [-0.39, 0.29) is 5.56 Å². The lowest BCUT2D eigenvalue weighted by atomic mass is 10.1. The highest BCUT2D eigenvalue weighted by atomic mass is 16.4. The predicted octanol–water partition coefficient (Wildman–Crippen LogP) is 3.02. The fourth-order valence-electron chi connectivity index (χ4n) is 1.94. The first kappa shape index (κ1) is 12.7. The van der Waals surface area contributed by atoms with E-state index in [0.717, 1.165) is 0 Å². The Bertz CT molecular complexity index is 659. The Morgan fingerprint density at radius 1 is 1.11 bits per heavy atom. The summed E-state index contributed by atoms with van der Waals surface area (Å²) in [6.07, 6.45) is 0. The summed E-state index contributed by atoms with van der Waals surface area (Å²) < 4.78 is 0. The second-order valence-corrected chi connectivity index (χ2v) is 4.01. The molecule has 0 aliphatic heterocycles. The summed E-state index contributed by atoms with van der Waals surface area (Å²) in [6.45, 7) is 0. The third kappa shape index (κ3) is 2.40. The van der Waals surface area contributed by atoms with Crippen LogP contribution in [0.2, 0.25) is 0 Å². The Balaban J connectivity index is 2.54. The first-order valence-electron chi connectivity index (χ1n) is 5.70. The van der Waals surface area contributed by atoms with Gasteiger partial charge >= 0.3 is 5.97 Å². The zero-order chi connectivity index (χ0) is 13.8. The summed E-state index contributed by atoms with van der Waals surface area (Å²) in [5.41, 5.74) is 1.94. The molecule has 19 heavy (non-hydrogen) atoms. The molecule has 0 unspecified atom stereocenters. The van der Waals surface area contributed by atoms with Crippen LogP contribution in [0.15, 0.2) is 48.5 Å². The molecule has 1 N–H and O–H groups in total. The Morgan fingerprint density at radius 3 is 2.32 bits per heavy atom. The standard InChI is InChI=1S/C15H12N2O2/c1-17(13-8-4-2-6-11(13)10-16)14-9-5-3-7-12(14)15(18)19/h2-9H,1H3,(H,18,19). The van der Waals surface area contributed by atoms with Crippen LogP contribution in [0.3, 0.4) is 0 Å². The summed E-state index contributed by atoms with van der Waals surface area (Å²) in [7, 11) is 1.75. The average molecular weight is 252 g/mol. The van der Waals surface area contributed by atoms with Crippen molar-refractivity contribution in [2.75, 3.05) is 11.9 Å². The number of anilines is 2. The van der Waals surface area contributed by atoms with Crippen molar-refractivity contribution in [3.63, 3.8) is 0 Å². The molecule has 0 saturated heterocycles. The molecule has 0 heterocycles. The number of hydrogen-bond acceptors (Lipinski definition) is 3. The van der Waals surface area contributed by atoms with Gasteiger partial charge in [-0.25, -0.2) is 4.79 Å². The van der Waals surface area contributed by atoms with Crippen LogP contribution in [0.4, 0.5) is 11.4 Å². The number of aromatic carboxylic acids is 1. The van der Waals surface area contributed by atoms with Gasteiger partial charge in [0, 0.05) is 7.05 Å². The van der Waals surface area contributed by atoms with Crippen LogP contribution in [-0.4, -0.2) is 18.1 Å². The molecule has 0 fully saturated rings. The minimum Gasteiger partial charge on any atom is -0.478 e. The predicted molar refractivity (Wildman–Crippen MR) is 72.6 cm³/mol. The number of rotatable bonds is 3. The van der Waals surface area contributed by atoms with Crippen molar-refractivity contribution in [1.82, 2.24) is 0 Å². The Kier molecular flexibility index (Phi) is 3.48. The highest BCUT2D eigenvalue weighted by molar-refractivity contribution is 5.95. The highest BCUT2D eigenvalue weighted by Crippen LogP contribution is 2.29. The van der Waals surface area contributed by atoms with Crippen molar-refractivity contribution in [2.45, 2.75) is 0 Å². The van der Waals surface area contributed by atoms with Gasteiger partial charge in [-0.05, 0) is 24.3 Å². The summed E-state index contributed by atoms with van der Waals surface area (Å²) >= 11 is 0. The minimum absolute atomic E-state index is 0.206. The molecule has 2 aromatic rings. The molecule has 94 valence electrons. The molecule has 0 saturated carbocycles. The van der Waals surface area contributed by atoms with Crippen molar-refractivity contribution >= 4 is 17.3 Å². The summed E-state index contributed by atoms with van der Waals surface area (Å²) in [6, 6.07) is 15.9. The maximum absolute atomic E-state index is 11.2. The van der Waals surface area contributed by atoms with E-state index in [9.17, 15) is 9.90 Å². The summed E-state index contributed by atoms with van der Waals surface area (Å²) in [5, 5.41) is 18.3. The SMILES string of the molecule is CN(c1ccccc1C#N)c1ccccc1C(=O)O. The second-order valence-electron chi connectivity index (χ2n) is 4.01. The first-order chi connectivity index (χ1) is 9.15. The van der Waals surface area contributed by atoms with Gasteiger partial charge in [0.15, 0.2) is 0 Å². The van der Waals surface area contributed by atoms with E-state index in [1.54, 1.807) is 54.4 Å². The van der Waals surface area contributed by atoms with Gasteiger partial charge in [-0.2, -0.15) is 5.26 Å². The Labute approximate surface area is 111 Å². The Hall–Kier alpha value is -2.80. The van der Waals surface area contributed by atoms with Gasteiger partial charge in [0.2, 0.25) is 0 Å². The lowest BCUT2D eigenvalue weighted by Gasteiger charge is -2.22. The van der Waals surface area contributed by atoms with Gasteiger partial charge in [-0.15, -0.1) is 0 Å². The molecule has 4 heteroatoms. The van der Waals surface area contributed by atoms with Crippen LogP contribution < -0.4 is 4.90 Å². The van der Waals surface area contributed by atoms with Crippen LogP contribution in [0.5, 0.6) is 0 Å². The van der Waals surface area contributed by atoms with Crippen molar-refractivity contribution < 1.29 is 9.90 Å². The molecule has 0 amide bonds. The number of para-hydroxylation sites is 2. The highest BCUT2D eigenvalue weighted by Gasteiger charge is 2.15. The van der Waals surface area contributed by atoms with E-state index in [1.807, 2.05) is 6.07 Å². The number of nitriles is 1. The molecular formula is C15H12N2O2. The molecule has 0 aliphatic rings. The maximum Gasteiger partial charge on any atom is 0.337 e. The van der Waals surface area contributed by atoms with Crippen LogP contribution in [-0.2, 0) is 0 Å². The zero-order valence-electron chi connectivity index (χ0n) is 10.4. The third-order valence-corrected chi connectivity index (χ3v) is 2.88. The lowest BCUT2D eigenvalue weighted by molar-refractivity contribution is 0.0697. The largest absolute Gasteiger partial charge is 0.478 e. The van der Waals surface area contributed by atoms with Crippen molar-refractivity contribution in [2.24, 2.45) is 0 Å². The zero-order valence-corrected chi connectivity index (χ0v) is 10.4. The molecule has 0 aromatic heterocycles. The molecule has 0 spiro atoms. The molecular weight excluding hydrogens is 240 g/mol. The lowest BCUT2D eigenvalue weighted by Crippen LogP contribution is -2.15. The topological polar surface area (TPSA) is 64.3 Å². The van der Waals surface area contributed by atoms with Gasteiger partial charge in [-0.1, -0.05) is 24.3 Å². The number of nitrogens with zero attached hydrogens (tertiary/aromatic N) is 2. The average Bonchev–Trinajstić information content (AvgIpc) is 2.46. The molecule has 2 rings (SSSR count). The molecule has 0 bridgehead atoms. The van der Waals surface area contributed by atoms with Crippen LogP contribution in [0.25, 0.3) is 0 Å². The number of carboxylic acid groups (broad SMARTS) is 1. The van der Waals surface area contributed by atoms with Crippen molar-refractivity contribution in [1.29, 1.82) is 5.26 Å². The van der Waals surface area contributed by atoms with E-state index in [2.05, 4.69) is 6.07 Å². The molecule has 0 aliphatic carbocycles. The van der Waals surface area contributed by atoms with Crippen LogP contribution in [0, 0.1) is 11.3 Å². The van der Waals surface area contributed by atoms with Crippen LogP contribution >= 0.6 is 0 Å². The van der Waals surface area contributed by atoms with Crippen molar-refractivity contribution in [3.05, 3.63) is 59.7 Å². The van der Waals surface area contributed by atoms with Gasteiger partial charge in [0.05, 0.1) is 22.5 Å². The third-order valence-electron chi connectivity index (χ3n) is 2.88. The fraction of sp³-hybridized carbons (Fsp3) is 0.0667. The molecule has 0 radical (unpaired) electrons. The molecule has 4 nitrogen and oxygen atoms in total. The fourth-order valence-corrected chi connectivity index (χ4v) is 1.94. The van der Waals surface area contributed by atoms with E-state index in [0.29, 0.717) is 16.9 Å². The van der Waals surface area contributed by atoms with Gasteiger partial charge in [0.1, 0.15) is 6.07 Å². The van der Waals surface area contributed by atoms with E-state index in [1.165, 1.54) is 0 Å². The van der Waals surface area contributed by atoms with E-state index in [4.69, 9.17) is 5.26 Å². The normalized spacial score (nSPS) is 9.68. The number of benzene rings is 2. The van der Waals surface area contributed by atoms with Crippen LogP contribution in [0.1, 0.15) is 15.9 Å². The minimum atomic E-state index is -0.989. The van der Waals surface area contributed by atoms with E-state index >= 15 is 0 Å². The van der Waals surface area contributed by atoms with E-state index < -0.39 is 5.97 Å². The number of carbonyl (C=O) groups is 1. The number of hydrogen-bond donors (Lipinski definition) is 1. The second kappa shape index (κ2) is 5.23. The van der Waals surface area contributed by atoms with Gasteiger partial charge < -0.3 is 10.0 Å². The Morgan fingerprint density at radius 2 is 1.68 bits per heavy atom. The first-order valence-corrected chi connectivity index (χ1v) is 5.70. The summed E-state index contributed by atoms with van der Waals surface area (Å²) in [4.78, 5) is 12.9. The maximum atomic E-state index is 11.2. The quantitative estimate of drug-likeness (QED) is 0.911. The van der Waals surface area contributed by atoms with Crippen molar-refractivity contribution in [3.8, 4) is 6.07 Å². The smallest absolute Gasteiger partial charge is 0.337 e. The van der Waals surface area contributed by atoms with Gasteiger partial charge in [-0.3, -0.25) is 0 Å². The number of carboxylic acids is 1. The molecule has 2 aromatic carbocycles. The van der Waals surface area contributed by atoms with Gasteiger partial charge in [0.25, 0.3) is 0 Å². The molecule has 0 atom stereocenters. The monoisotopic (exact) mass is 252 g/mol.